The second-order valence-electron chi connectivity index (χ2n) is 7.44. The molecule has 3 rings (SSSR count). The van der Waals surface area contributed by atoms with Crippen molar-refractivity contribution in [3.63, 3.8) is 0 Å². The number of anilines is 2. The lowest BCUT2D eigenvalue weighted by Crippen LogP contribution is -2.45. The number of hydrogen-bond acceptors (Lipinski definition) is 5. The Bertz CT molecular complexity index is 917. The van der Waals surface area contributed by atoms with E-state index < -0.39 is 17.6 Å². The van der Waals surface area contributed by atoms with Crippen molar-refractivity contribution in [3.8, 4) is 0 Å². The summed E-state index contributed by atoms with van der Waals surface area (Å²) in [7, 11) is 3.95. The summed E-state index contributed by atoms with van der Waals surface area (Å²) in [5.41, 5.74) is 2.36. The topological polar surface area (TPSA) is 73.9 Å². The Kier molecular flexibility index (Phi) is 7.84. The number of benzene rings is 2. The molecule has 1 saturated heterocycles. The molecule has 1 aliphatic rings. The minimum absolute atomic E-state index is 0.0999. The van der Waals surface area contributed by atoms with Crippen LogP contribution in [0.15, 0.2) is 42.5 Å². The van der Waals surface area contributed by atoms with Crippen molar-refractivity contribution in [2.75, 3.05) is 57.2 Å². The largest absolute Gasteiger partial charge is 0.379 e. The van der Waals surface area contributed by atoms with Crippen LogP contribution in [0.25, 0.3) is 0 Å². The summed E-state index contributed by atoms with van der Waals surface area (Å²) in [6, 6.07) is 11.7. The van der Waals surface area contributed by atoms with Gasteiger partial charge in [-0.15, -0.1) is 0 Å². The van der Waals surface area contributed by atoms with Crippen LogP contribution in [-0.4, -0.2) is 63.7 Å². The van der Waals surface area contributed by atoms with E-state index in [-0.39, 0.29) is 23.3 Å². The van der Waals surface area contributed by atoms with Crippen molar-refractivity contribution >= 4 is 34.8 Å². The summed E-state index contributed by atoms with van der Waals surface area (Å²) in [4.78, 5) is 28.9. The Labute approximate surface area is 186 Å². The van der Waals surface area contributed by atoms with E-state index in [1.165, 1.54) is 12.1 Å². The molecule has 1 aliphatic heterocycles. The SMILES string of the molecule is CN(C)c1ccc([C@H](CNC(=O)C(=O)Nc2ccc(F)c(Cl)c2)N2CCOCC2)cc1. The molecule has 0 saturated carbocycles. The van der Waals surface area contributed by atoms with Gasteiger partial charge in [-0.2, -0.15) is 0 Å². The Morgan fingerprint density at radius 3 is 2.42 bits per heavy atom. The van der Waals surface area contributed by atoms with Crippen molar-refractivity contribution in [2.45, 2.75) is 6.04 Å². The van der Waals surface area contributed by atoms with E-state index in [9.17, 15) is 14.0 Å². The second-order valence-corrected chi connectivity index (χ2v) is 7.85. The zero-order valence-corrected chi connectivity index (χ0v) is 18.3. The van der Waals surface area contributed by atoms with Gasteiger partial charge in [-0.25, -0.2) is 4.39 Å². The summed E-state index contributed by atoms with van der Waals surface area (Å²) in [6.45, 7) is 2.96. The molecule has 2 N–H and O–H groups in total. The highest BCUT2D eigenvalue weighted by molar-refractivity contribution is 6.39. The fourth-order valence-corrected chi connectivity index (χ4v) is 3.55. The van der Waals surface area contributed by atoms with Gasteiger partial charge in [0.15, 0.2) is 0 Å². The molecule has 0 spiro atoms. The number of carbonyl (C=O) groups excluding carboxylic acids is 2. The maximum absolute atomic E-state index is 13.3. The molecule has 1 atom stereocenters. The molecule has 0 unspecified atom stereocenters. The third-order valence-corrected chi connectivity index (χ3v) is 5.41. The van der Waals surface area contributed by atoms with Crippen LogP contribution in [0.4, 0.5) is 15.8 Å². The Hall–Kier alpha value is -2.68. The molecule has 0 aliphatic carbocycles. The molecule has 1 heterocycles. The van der Waals surface area contributed by atoms with Crippen molar-refractivity contribution in [1.82, 2.24) is 10.2 Å². The van der Waals surface area contributed by atoms with Crippen LogP contribution in [-0.2, 0) is 14.3 Å². The predicted molar refractivity (Wildman–Crippen MR) is 119 cm³/mol. The zero-order chi connectivity index (χ0) is 22.4. The van der Waals surface area contributed by atoms with Crippen LogP contribution in [0.5, 0.6) is 0 Å². The van der Waals surface area contributed by atoms with Crippen molar-refractivity contribution in [3.05, 3.63) is 58.9 Å². The highest BCUT2D eigenvalue weighted by atomic mass is 35.5. The number of nitrogens with zero attached hydrogens (tertiary/aromatic N) is 2. The van der Waals surface area contributed by atoms with Gasteiger partial charge in [0.25, 0.3) is 0 Å². The van der Waals surface area contributed by atoms with Gasteiger partial charge in [-0.05, 0) is 35.9 Å². The van der Waals surface area contributed by atoms with E-state index in [0.29, 0.717) is 13.2 Å². The normalized spacial score (nSPS) is 15.2. The van der Waals surface area contributed by atoms with Crippen molar-refractivity contribution < 1.29 is 18.7 Å². The first-order valence-electron chi connectivity index (χ1n) is 9.98. The van der Waals surface area contributed by atoms with Gasteiger partial charge in [0.2, 0.25) is 0 Å². The first-order chi connectivity index (χ1) is 14.8. The summed E-state index contributed by atoms with van der Waals surface area (Å²) in [5, 5.41) is 5.01. The van der Waals surface area contributed by atoms with Crippen LogP contribution < -0.4 is 15.5 Å². The number of amides is 2. The second kappa shape index (κ2) is 10.6. The van der Waals surface area contributed by atoms with E-state index in [1.54, 1.807) is 0 Å². The number of rotatable bonds is 6. The molecule has 7 nitrogen and oxygen atoms in total. The first-order valence-corrected chi connectivity index (χ1v) is 10.4. The molecule has 2 aromatic rings. The third-order valence-electron chi connectivity index (χ3n) is 5.12. The van der Waals surface area contributed by atoms with Gasteiger partial charge >= 0.3 is 11.8 Å². The Balaban J connectivity index is 1.66. The van der Waals surface area contributed by atoms with Crippen molar-refractivity contribution in [2.24, 2.45) is 0 Å². The monoisotopic (exact) mass is 448 g/mol. The first kappa shape index (κ1) is 23.0. The molecular formula is C22H26ClFN4O3. The summed E-state index contributed by atoms with van der Waals surface area (Å²) in [5.74, 6) is -2.22. The highest BCUT2D eigenvalue weighted by Crippen LogP contribution is 2.24. The molecule has 9 heteroatoms. The lowest BCUT2D eigenvalue weighted by atomic mass is 10.0. The fourth-order valence-electron chi connectivity index (χ4n) is 3.37. The summed E-state index contributed by atoms with van der Waals surface area (Å²) < 4.78 is 18.7. The molecule has 0 bridgehead atoms. The van der Waals surface area contributed by atoms with E-state index >= 15 is 0 Å². The molecule has 166 valence electrons. The van der Waals surface area contributed by atoms with E-state index in [4.69, 9.17) is 16.3 Å². The van der Waals surface area contributed by atoms with Crippen molar-refractivity contribution in [1.29, 1.82) is 0 Å². The minimum Gasteiger partial charge on any atom is -0.379 e. The van der Waals surface area contributed by atoms with Crippen LogP contribution in [0.3, 0.4) is 0 Å². The van der Waals surface area contributed by atoms with Gasteiger partial charge in [-0.1, -0.05) is 23.7 Å². The molecule has 2 amide bonds. The van der Waals surface area contributed by atoms with Crippen LogP contribution >= 0.6 is 11.6 Å². The van der Waals surface area contributed by atoms with E-state index in [1.807, 2.05) is 43.3 Å². The Morgan fingerprint density at radius 1 is 1.13 bits per heavy atom. The van der Waals surface area contributed by atoms with Crippen LogP contribution in [0, 0.1) is 5.82 Å². The lowest BCUT2D eigenvalue weighted by molar-refractivity contribution is -0.136. The average Bonchev–Trinajstić information content (AvgIpc) is 2.77. The highest BCUT2D eigenvalue weighted by Gasteiger charge is 2.24. The number of nitrogens with one attached hydrogen (secondary N) is 2. The summed E-state index contributed by atoms with van der Waals surface area (Å²) >= 11 is 5.72. The lowest BCUT2D eigenvalue weighted by Gasteiger charge is -2.35. The maximum Gasteiger partial charge on any atom is 0.313 e. The predicted octanol–water partition coefficient (Wildman–Crippen LogP) is 2.67. The Morgan fingerprint density at radius 2 is 1.81 bits per heavy atom. The zero-order valence-electron chi connectivity index (χ0n) is 17.5. The van der Waals surface area contributed by atoms with E-state index in [2.05, 4.69) is 15.5 Å². The molecule has 1 fully saturated rings. The van der Waals surface area contributed by atoms with Gasteiger partial charge in [-0.3, -0.25) is 14.5 Å². The molecule has 2 aromatic carbocycles. The van der Waals surface area contributed by atoms with E-state index in [0.717, 1.165) is 30.4 Å². The number of halogens is 2. The molecule has 0 aromatic heterocycles. The van der Waals surface area contributed by atoms with Crippen LogP contribution in [0.2, 0.25) is 5.02 Å². The van der Waals surface area contributed by atoms with Gasteiger partial charge in [0.05, 0.1) is 24.3 Å². The molecule has 31 heavy (non-hydrogen) atoms. The average molecular weight is 449 g/mol. The van der Waals surface area contributed by atoms with Gasteiger partial charge < -0.3 is 20.3 Å². The minimum atomic E-state index is -0.841. The van der Waals surface area contributed by atoms with Gasteiger partial charge in [0.1, 0.15) is 5.82 Å². The fraction of sp³-hybridized carbons (Fsp3) is 0.364. The van der Waals surface area contributed by atoms with Crippen LogP contribution in [0.1, 0.15) is 11.6 Å². The summed E-state index contributed by atoms with van der Waals surface area (Å²) in [6.07, 6.45) is 0. The standard InChI is InChI=1S/C22H26ClFN4O3/c1-27(2)17-6-3-15(4-7-17)20(28-9-11-31-12-10-28)14-25-21(29)22(30)26-16-5-8-19(24)18(23)13-16/h3-8,13,20H,9-12,14H2,1-2H3,(H,25,29)(H,26,30)/t20-/m0/s1. The quantitative estimate of drug-likeness (QED) is 0.665. The number of morpholine rings is 1. The number of ether oxygens (including phenoxy) is 1. The number of carbonyl (C=O) groups is 2. The maximum atomic E-state index is 13.3. The molecule has 0 radical (unpaired) electrons. The molecular weight excluding hydrogens is 423 g/mol. The number of hydrogen-bond donors (Lipinski definition) is 2. The third kappa shape index (κ3) is 6.16. The smallest absolute Gasteiger partial charge is 0.313 e. The van der Waals surface area contributed by atoms with Gasteiger partial charge in [0, 0.05) is 45.1 Å².